The van der Waals surface area contributed by atoms with E-state index in [9.17, 15) is 9.59 Å². The minimum Gasteiger partial charge on any atom is -0.467 e. The first kappa shape index (κ1) is 17.3. The van der Waals surface area contributed by atoms with Crippen molar-refractivity contribution in [2.75, 3.05) is 7.11 Å². The van der Waals surface area contributed by atoms with Crippen LogP contribution in [0.2, 0.25) is 10.0 Å². The van der Waals surface area contributed by atoms with Gasteiger partial charge in [0.05, 0.1) is 17.2 Å². The van der Waals surface area contributed by atoms with E-state index in [1.54, 1.807) is 6.07 Å². The van der Waals surface area contributed by atoms with Gasteiger partial charge in [0.25, 0.3) is 5.91 Å². The number of rotatable bonds is 5. The fourth-order valence-electron chi connectivity index (χ4n) is 2.06. The van der Waals surface area contributed by atoms with Gasteiger partial charge in [0.2, 0.25) is 0 Å². The second-order valence-corrected chi connectivity index (χ2v) is 5.68. The number of halogens is 2. The molecule has 120 valence electrons. The zero-order valence-electron chi connectivity index (χ0n) is 12.4. The van der Waals surface area contributed by atoms with Crippen LogP contribution >= 0.6 is 23.2 Å². The van der Waals surface area contributed by atoms with Crippen molar-refractivity contribution < 1.29 is 14.3 Å². The Labute approximate surface area is 144 Å². The average Bonchev–Trinajstić information content (AvgIpc) is 2.56. The molecule has 0 saturated heterocycles. The second-order valence-electron chi connectivity index (χ2n) is 4.87. The first-order valence-electron chi connectivity index (χ1n) is 6.89. The molecule has 0 spiro atoms. The van der Waals surface area contributed by atoms with E-state index < -0.39 is 17.9 Å². The number of carbonyl (C=O) groups is 2. The minimum absolute atomic E-state index is 0.275. The molecule has 4 nitrogen and oxygen atoms in total. The Morgan fingerprint density at radius 2 is 1.78 bits per heavy atom. The van der Waals surface area contributed by atoms with E-state index in [4.69, 9.17) is 27.9 Å². The lowest BCUT2D eigenvalue weighted by Gasteiger charge is -2.17. The second kappa shape index (κ2) is 7.99. The third-order valence-electron chi connectivity index (χ3n) is 3.26. The molecule has 0 aromatic heterocycles. The normalized spacial score (nSPS) is 11.6. The predicted molar refractivity (Wildman–Crippen MR) is 89.9 cm³/mol. The van der Waals surface area contributed by atoms with Crippen molar-refractivity contribution in [2.24, 2.45) is 0 Å². The number of hydrogen-bond acceptors (Lipinski definition) is 3. The van der Waals surface area contributed by atoms with Crippen LogP contribution < -0.4 is 5.32 Å². The molecule has 0 radical (unpaired) electrons. The Bertz CT molecular complexity index is 704. The van der Waals surface area contributed by atoms with E-state index in [1.165, 1.54) is 19.2 Å². The molecule has 1 atom stereocenters. The number of methoxy groups -OCH3 is 1. The smallest absolute Gasteiger partial charge is 0.328 e. The third kappa shape index (κ3) is 4.71. The summed E-state index contributed by atoms with van der Waals surface area (Å²) in [5.74, 6) is -0.933. The average molecular weight is 352 g/mol. The van der Waals surface area contributed by atoms with Crippen molar-refractivity contribution in [1.29, 1.82) is 0 Å². The van der Waals surface area contributed by atoms with Gasteiger partial charge in [-0.2, -0.15) is 0 Å². The maximum atomic E-state index is 12.3. The highest BCUT2D eigenvalue weighted by Crippen LogP contribution is 2.22. The van der Waals surface area contributed by atoms with Crippen molar-refractivity contribution in [3.05, 3.63) is 69.7 Å². The van der Waals surface area contributed by atoms with Crippen LogP contribution in [-0.4, -0.2) is 25.0 Å². The molecule has 2 aromatic carbocycles. The molecule has 0 aliphatic carbocycles. The van der Waals surface area contributed by atoms with Crippen LogP contribution in [0, 0.1) is 0 Å². The lowest BCUT2D eigenvalue weighted by Crippen LogP contribution is -2.43. The molecular weight excluding hydrogens is 337 g/mol. The Hall–Kier alpha value is -2.04. The van der Waals surface area contributed by atoms with Gasteiger partial charge in [-0.15, -0.1) is 0 Å². The molecule has 0 bridgehead atoms. The van der Waals surface area contributed by atoms with Crippen LogP contribution in [-0.2, 0) is 16.0 Å². The summed E-state index contributed by atoms with van der Waals surface area (Å²) >= 11 is 11.7. The van der Waals surface area contributed by atoms with E-state index in [0.717, 1.165) is 5.56 Å². The fourth-order valence-corrected chi connectivity index (χ4v) is 2.36. The standard InChI is InChI=1S/C17H15Cl2NO3/c1-23-17(22)15(9-11-5-3-2-4-6-11)20-16(21)12-7-8-13(18)14(19)10-12/h2-8,10,15H,9H2,1H3,(H,20,21). The van der Waals surface area contributed by atoms with Gasteiger partial charge in [-0.05, 0) is 23.8 Å². The van der Waals surface area contributed by atoms with Gasteiger partial charge in [0.1, 0.15) is 6.04 Å². The summed E-state index contributed by atoms with van der Waals surface area (Å²) in [6.45, 7) is 0. The maximum Gasteiger partial charge on any atom is 0.328 e. The molecule has 23 heavy (non-hydrogen) atoms. The van der Waals surface area contributed by atoms with E-state index in [-0.39, 0.29) is 5.02 Å². The van der Waals surface area contributed by atoms with Crippen molar-refractivity contribution >= 4 is 35.1 Å². The number of nitrogens with one attached hydrogen (secondary N) is 1. The first-order chi connectivity index (χ1) is 11.0. The van der Waals surface area contributed by atoms with Crippen molar-refractivity contribution in [3.8, 4) is 0 Å². The molecule has 0 saturated carbocycles. The fraction of sp³-hybridized carbons (Fsp3) is 0.176. The molecule has 6 heteroatoms. The summed E-state index contributed by atoms with van der Waals surface area (Å²) in [5, 5.41) is 3.30. The SMILES string of the molecule is COC(=O)C(Cc1ccccc1)NC(=O)c1ccc(Cl)c(Cl)c1. The van der Waals surface area contributed by atoms with Gasteiger partial charge in [-0.25, -0.2) is 4.79 Å². The summed E-state index contributed by atoms with van der Waals surface area (Å²) in [6, 6.07) is 13.1. The Kier molecular flexibility index (Phi) is 6.02. The van der Waals surface area contributed by atoms with Gasteiger partial charge in [0.15, 0.2) is 0 Å². The third-order valence-corrected chi connectivity index (χ3v) is 3.99. The highest BCUT2D eigenvalue weighted by Gasteiger charge is 2.22. The molecule has 0 fully saturated rings. The summed E-state index contributed by atoms with van der Waals surface area (Å²) in [6.07, 6.45) is 0.334. The van der Waals surface area contributed by atoms with Gasteiger partial charge >= 0.3 is 5.97 Å². The zero-order valence-corrected chi connectivity index (χ0v) is 13.9. The minimum atomic E-state index is -0.788. The van der Waals surface area contributed by atoms with Crippen LogP contribution in [0.5, 0.6) is 0 Å². The Morgan fingerprint density at radius 3 is 2.39 bits per heavy atom. The quantitative estimate of drug-likeness (QED) is 0.838. The highest BCUT2D eigenvalue weighted by molar-refractivity contribution is 6.42. The Morgan fingerprint density at radius 1 is 1.09 bits per heavy atom. The molecule has 2 rings (SSSR count). The van der Waals surface area contributed by atoms with Crippen LogP contribution in [0.1, 0.15) is 15.9 Å². The number of amides is 1. The summed E-state index contributed by atoms with van der Waals surface area (Å²) < 4.78 is 4.76. The molecule has 2 aromatic rings. The van der Waals surface area contributed by atoms with Crippen LogP contribution in [0.4, 0.5) is 0 Å². The summed E-state index contributed by atoms with van der Waals surface area (Å²) in [4.78, 5) is 24.2. The molecule has 1 N–H and O–H groups in total. The maximum absolute atomic E-state index is 12.3. The molecule has 1 unspecified atom stereocenters. The number of benzene rings is 2. The monoisotopic (exact) mass is 351 g/mol. The van der Waals surface area contributed by atoms with Gasteiger partial charge in [-0.3, -0.25) is 4.79 Å². The van der Waals surface area contributed by atoms with E-state index in [1.807, 2.05) is 30.3 Å². The molecule has 0 heterocycles. The summed E-state index contributed by atoms with van der Waals surface area (Å²) in [7, 11) is 1.28. The zero-order chi connectivity index (χ0) is 16.8. The van der Waals surface area contributed by atoms with Crippen LogP contribution in [0.3, 0.4) is 0 Å². The van der Waals surface area contributed by atoms with Crippen molar-refractivity contribution in [3.63, 3.8) is 0 Å². The first-order valence-corrected chi connectivity index (χ1v) is 7.64. The van der Waals surface area contributed by atoms with Gasteiger partial charge < -0.3 is 10.1 Å². The number of carbonyl (C=O) groups excluding carboxylic acids is 2. The number of esters is 1. The van der Waals surface area contributed by atoms with Crippen LogP contribution in [0.25, 0.3) is 0 Å². The van der Waals surface area contributed by atoms with E-state index >= 15 is 0 Å². The molecule has 0 aliphatic rings. The topological polar surface area (TPSA) is 55.4 Å². The number of hydrogen-bond donors (Lipinski definition) is 1. The lowest BCUT2D eigenvalue weighted by atomic mass is 10.1. The van der Waals surface area contributed by atoms with Gasteiger partial charge in [-0.1, -0.05) is 53.5 Å². The van der Waals surface area contributed by atoms with Crippen LogP contribution in [0.15, 0.2) is 48.5 Å². The van der Waals surface area contributed by atoms with Crippen molar-refractivity contribution in [1.82, 2.24) is 5.32 Å². The largest absolute Gasteiger partial charge is 0.467 e. The molecule has 1 amide bonds. The van der Waals surface area contributed by atoms with E-state index in [0.29, 0.717) is 17.0 Å². The summed E-state index contributed by atoms with van der Waals surface area (Å²) in [5.41, 5.74) is 1.23. The van der Waals surface area contributed by atoms with E-state index in [2.05, 4.69) is 5.32 Å². The Balaban J connectivity index is 2.15. The highest BCUT2D eigenvalue weighted by atomic mass is 35.5. The van der Waals surface area contributed by atoms with Gasteiger partial charge in [0, 0.05) is 12.0 Å². The lowest BCUT2D eigenvalue weighted by molar-refractivity contribution is -0.142. The number of ether oxygens (including phenoxy) is 1. The predicted octanol–water partition coefficient (Wildman–Crippen LogP) is 3.51. The van der Waals surface area contributed by atoms with Crippen molar-refractivity contribution in [2.45, 2.75) is 12.5 Å². The molecular formula is C17H15Cl2NO3. The molecule has 0 aliphatic heterocycles.